The fourth-order valence-corrected chi connectivity index (χ4v) is 4.09. The van der Waals surface area contributed by atoms with Crippen LogP contribution in [-0.4, -0.2) is 43.7 Å². The van der Waals surface area contributed by atoms with E-state index < -0.39 is 30.1 Å². The number of alkyl halides is 3. The number of H-pyrrole nitrogens is 1. The highest BCUT2D eigenvalue weighted by atomic mass is 19.4. The summed E-state index contributed by atoms with van der Waals surface area (Å²) in [5.74, 6) is -1.86. The van der Waals surface area contributed by atoms with E-state index in [-0.39, 0.29) is 36.9 Å². The Morgan fingerprint density at radius 2 is 2.03 bits per heavy atom. The molecule has 8 nitrogen and oxygen atoms in total. The number of ether oxygens (including phenoxy) is 1. The summed E-state index contributed by atoms with van der Waals surface area (Å²) in [4.78, 5) is 29.5. The summed E-state index contributed by atoms with van der Waals surface area (Å²) in [7, 11) is 0. The summed E-state index contributed by atoms with van der Waals surface area (Å²) in [5.41, 5.74) is -0.951. The van der Waals surface area contributed by atoms with Gasteiger partial charge in [0.05, 0.1) is 11.6 Å². The van der Waals surface area contributed by atoms with Crippen LogP contribution in [0.15, 0.2) is 55.0 Å². The van der Waals surface area contributed by atoms with Crippen molar-refractivity contribution in [3.05, 3.63) is 77.9 Å². The van der Waals surface area contributed by atoms with Crippen molar-refractivity contribution in [2.24, 2.45) is 5.92 Å². The second-order valence-corrected chi connectivity index (χ2v) is 7.60. The van der Waals surface area contributed by atoms with Crippen LogP contribution in [0.25, 0.3) is 0 Å². The normalized spacial score (nSPS) is 20.8. The van der Waals surface area contributed by atoms with E-state index in [0.717, 1.165) is 5.56 Å². The Bertz CT molecular complexity index is 1150. The fourth-order valence-electron chi connectivity index (χ4n) is 4.09. The Labute approximate surface area is 187 Å². The lowest BCUT2D eigenvalue weighted by atomic mass is 9.77. The Morgan fingerprint density at radius 3 is 2.70 bits per heavy atom. The lowest BCUT2D eigenvalue weighted by Crippen LogP contribution is -2.57. The first kappa shape index (κ1) is 22.3. The van der Waals surface area contributed by atoms with E-state index in [9.17, 15) is 23.2 Å². The third-order valence-electron chi connectivity index (χ3n) is 5.66. The summed E-state index contributed by atoms with van der Waals surface area (Å²) in [6, 6.07) is 12.1. The molecular formula is C22H19F3N6O2. The maximum atomic E-state index is 13.8. The highest BCUT2D eigenvalue weighted by molar-refractivity contribution is 5.70. The molecule has 2 unspecified atom stereocenters. The average molecular weight is 456 g/mol. The molecule has 11 heteroatoms. The van der Waals surface area contributed by atoms with E-state index >= 15 is 0 Å². The molecule has 33 heavy (non-hydrogen) atoms. The van der Waals surface area contributed by atoms with Crippen molar-refractivity contribution < 1.29 is 22.7 Å². The molecule has 0 aliphatic carbocycles. The smallest absolute Gasteiger partial charge is 0.411 e. The van der Waals surface area contributed by atoms with Crippen LogP contribution >= 0.6 is 0 Å². The zero-order valence-electron chi connectivity index (χ0n) is 17.3. The molecule has 0 radical (unpaired) electrons. The summed E-state index contributed by atoms with van der Waals surface area (Å²) in [6.45, 7) is -0.301. The van der Waals surface area contributed by atoms with Gasteiger partial charge in [0.2, 0.25) is 5.82 Å². The maximum Gasteiger partial charge on any atom is 0.411 e. The van der Waals surface area contributed by atoms with Gasteiger partial charge in [-0.1, -0.05) is 30.3 Å². The number of hydrogen-bond donors (Lipinski definition) is 1. The van der Waals surface area contributed by atoms with E-state index in [0.29, 0.717) is 0 Å². The summed E-state index contributed by atoms with van der Waals surface area (Å²) in [5, 5.41) is 9.26. The highest BCUT2D eigenvalue weighted by Gasteiger charge is 2.56. The van der Waals surface area contributed by atoms with Crippen molar-refractivity contribution in [3.8, 4) is 6.07 Å². The van der Waals surface area contributed by atoms with Crippen molar-refractivity contribution in [3.63, 3.8) is 0 Å². The second-order valence-electron chi connectivity index (χ2n) is 7.60. The summed E-state index contributed by atoms with van der Waals surface area (Å²) in [6.07, 6.45) is -2.04. The first-order valence-electron chi connectivity index (χ1n) is 10.1. The number of nitrogens with one attached hydrogen (secondary N) is 1. The minimum absolute atomic E-state index is 0.0506. The molecule has 4 rings (SSSR count). The minimum atomic E-state index is -4.50. The molecule has 1 fully saturated rings. The number of likely N-dealkylation sites (tertiary alicyclic amines) is 1. The molecule has 1 aliphatic rings. The molecule has 0 bridgehead atoms. The monoisotopic (exact) mass is 456 g/mol. The predicted octanol–water partition coefficient (Wildman–Crippen LogP) is 3.93. The van der Waals surface area contributed by atoms with E-state index in [4.69, 9.17) is 4.74 Å². The molecule has 2 aromatic heterocycles. The standard InChI is InChI=1S/C22H19F3N6O2/c23-22(24,25)16-7-11-31(20(32)33-14-15-4-2-1-3-5-15)21(12-16,19-28-9-10-29-19)17-6-8-27-18(13-26)30-17/h1-6,8-10,16H,7,11-12,14H2,(H,28,29). The van der Waals surface area contributed by atoms with Gasteiger partial charge in [0.15, 0.2) is 0 Å². The van der Waals surface area contributed by atoms with Gasteiger partial charge in [0.1, 0.15) is 24.0 Å². The van der Waals surface area contributed by atoms with Gasteiger partial charge in [0, 0.05) is 25.1 Å². The fraction of sp³-hybridized carbons (Fsp3) is 0.318. The van der Waals surface area contributed by atoms with Gasteiger partial charge in [-0.3, -0.25) is 4.90 Å². The number of aromatic nitrogens is 4. The number of carbonyl (C=O) groups is 1. The van der Waals surface area contributed by atoms with Gasteiger partial charge in [-0.05, 0) is 24.5 Å². The zero-order chi connectivity index (χ0) is 23.5. The Kier molecular flexibility index (Phi) is 6.00. The molecule has 1 N–H and O–H groups in total. The minimum Gasteiger partial charge on any atom is -0.445 e. The number of halogens is 3. The molecule has 1 aromatic carbocycles. The second kappa shape index (κ2) is 8.90. The van der Waals surface area contributed by atoms with E-state index in [1.807, 2.05) is 6.07 Å². The molecule has 1 aliphatic heterocycles. The largest absolute Gasteiger partial charge is 0.445 e. The number of carbonyl (C=O) groups excluding carboxylic acids is 1. The number of hydrogen-bond acceptors (Lipinski definition) is 6. The lowest BCUT2D eigenvalue weighted by Gasteiger charge is -2.47. The molecule has 1 saturated heterocycles. The van der Waals surface area contributed by atoms with Crippen LogP contribution in [0.1, 0.15) is 35.7 Å². The number of benzene rings is 1. The van der Waals surface area contributed by atoms with Crippen LogP contribution in [0.2, 0.25) is 0 Å². The molecule has 2 atom stereocenters. The topological polar surface area (TPSA) is 108 Å². The Morgan fingerprint density at radius 1 is 1.24 bits per heavy atom. The SMILES string of the molecule is N#Cc1nccc(C2(c3ncc[nH]3)CC(C(F)(F)F)CCN2C(=O)OCc2ccccc2)n1. The van der Waals surface area contributed by atoms with Crippen molar-refractivity contribution in [1.82, 2.24) is 24.8 Å². The number of piperidine rings is 1. The van der Waals surface area contributed by atoms with Gasteiger partial charge >= 0.3 is 12.3 Å². The van der Waals surface area contributed by atoms with Crippen molar-refractivity contribution in [2.75, 3.05) is 6.54 Å². The van der Waals surface area contributed by atoms with Crippen LogP contribution in [0.3, 0.4) is 0 Å². The number of nitriles is 1. The number of imidazole rings is 1. The van der Waals surface area contributed by atoms with E-state index in [1.165, 1.54) is 29.6 Å². The molecule has 3 heterocycles. The number of amides is 1. The summed E-state index contributed by atoms with van der Waals surface area (Å²) >= 11 is 0. The molecule has 0 spiro atoms. The molecular weight excluding hydrogens is 437 g/mol. The number of rotatable bonds is 4. The van der Waals surface area contributed by atoms with Gasteiger partial charge in [-0.25, -0.2) is 19.7 Å². The quantitative estimate of drug-likeness (QED) is 0.638. The molecule has 0 saturated carbocycles. The number of aromatic amines is 1. The Balaban J connectivity index is 1.79. The van der Waals surface area contributed by atoms with Crippen molar-refractivity contribution in [1.29, 1.82) is 5.26 Å². The maximum absolute atomic E-state index is 13.8. The van der Waals surface area contributed by atoms with Crippen LogP contribution in [0.5, 0.6) is 0 Å². The predicted molar refractivity (Wildman–Crippen MR) is 108 cm³/mol. The van der Waals surface area contributed by atoms with Crippen molar-refractivity contribution in [2.45, 2.75) is 31.2 Å². The number of nitrogens with zero attached hydrogens (tertiary/aromatic N) is 5. The third-order valence-corrected chi connectivity index (χ3v) is 5.66. The lowest BCUT2D eigenvalue weighted by molar-refractivity contribution is -0.195. The first-order chi connectivity index (χ1) is 15.8. The zero-order valence-corrected chi connectivity index (χ0v) is 17.3. The first-order valence-corrected chi connectivity index (χ1v) is 10.1. The van der Waals surface area contributed by atoms with Gasteiger partial charge < -0.3 is 9.72 Å². The molecule has 3 aromatic rings. The van der Waals surface area contributed by atoms with Gasteiger partial charge in [-0.15, -0.1) is 0 Å². The van der Waals surface area contributed by atoms with Crippen LogP contribution in [0, 0.1) is 17.2 Å². The summed E-state index contributed by atoms with van der Waals surface area (Å²) < 4.78 is 47.0. The third kappa shape index (κ3) is 4.37. The highest BCUT2D eigenvalue weighted by Crippen LogP contribution is 2.48. The Hall–Kier alpha value is -3.94. The van der Waals surface area contributed by atoms with Crippen LogP contribution in [-0.2, 0) is 16.9 Å². The van der Waals surface area contributed by atoms with Crippen molar-refractivity contribution >= 4 is 6.09 Å². The molecule has 1 amide bonds. The molecule has 170 valence electrons. The van der Waals surface area contributed by atoms with E-state index in [1.54, 1.807) is 30.3 Å². The van der Waals surface area contributed by atoms with Gasteiger partial charge in [-0.2, -0.15) is 18.4 Å². The van der Waals surface area contributed by atoms with Crippen LogP contribution in [0.4, 0.5) is 18.0 Å². The average Bonchev–Trinajstić information content (AvgIpc) is 3.38. The van der Waals surface area contributed by atoms with Crippen LogP contribution < -0.4 is 0 Å². The van der Waals surface area contributed by atoms with Gasteiger partial charge in [0.25, 0.3) is 0 Å². The van der Waals surface area contributed by atoms with E-state index in [2.05, 4.69) is 19.9 Å².